The van der Waals surface area contributed by atoms with E-state index in [0.29, 0.717) is 5.56 Å². The van der Waals surface area contributed by atoms with E-state index in [-0.39, 0.29) is 16.5 Å². The maximum absolute atomic E-state index is 11.9. The minimum absolute atomic E-state index is 0.00207. The number of carbonyl (C=O) groups excluding carboxylic acids is 1. The summed E-state index contributed by atoms with van der Waals surface area (Å²) in [4.78, 5) is 22.6. The van der Waals surface area contributed by atoms with Crippen molar-refractivity contribution in [2.75, 3.05) is 5.32 Å². The van der Waals surface area contributed by atoms with E-state index in [1.165, 1.54) is 12.1 Å². The molecule has 0 atom stereocenters. The van der Waals surface area contributed by atoms with Crippen molar-refractivity contribution in [2.45, 2.75) is 13.8 Å². The highest BCUT2D eigenvalue weighted by atomic mass is 32.1. The molecule has 0 aliphatic carbocycles. The first kappa shape index (κ1) is 18.3. The Kier molecular flexibility index (Phi) is 5.97. The van der Waals surface area contributed by atoms with Crippen molar-refractivity contribution in [3.63, 3.8) is 0 Å². The first-order valence-corrected chi connectivity index (χ1v) is 7.88. The highest BCUT2D eigenvalue weighted by Crippen LogP contribution is 2.29. The van der Waals surface area contributed by atoms with Gasteiger partial charge in [-0.3, -0.25) is 20.2 Å². The van der Waals surface area contributed by atoms with Crippen molar-refractivity contribution >= 4 is 40.7 Å². The molecular weight excluding hydrogens is 338 g/mol. The first-order chi connectivity index (χ1) is 11.9. The van der Waals surface area contributed by atoms with Gasteiger partial charge in [0.1, 0.15) is 5.69 Å². The number of rotatable bonds is 4. The highest BCUT2D eigenvalue weighted by Gasteiger charge is 2.18. The Hall–Kier alpha value is -3.06. The lowest BCUT2D eigenvalue weighted by Crippen LogP contribution is -2.33. The fraction of sp³-hybridized carbons (Fsp3) is 0.111. The number of carbonyl (C=O) groups is 1. The third-order valence-corrected chi connectivity index (χ3v) is 3.56. The molecule has 6 nitrogen and oxygen atoms in total. The minimum atomic E-state index is -0.484. The molecule has 0 radical (unpaired) electrons. The van der Waals surface area contributed by atoms with Crippen LogP contribution in [0.3, 0.4) is 0 Å². The summed E-state index contributed by atoms with van der Waals surface area (Å²) in [5.41, 5.74) is 2.50. The molecule has 2 rings (SSSR count). The topological polar surface area (TPSA) is 84.3 Å². The molecule has 0 saturated carbocycles. The number of nitro groups is 1. The summed E-state index contributed by atoms with van der Waals surface area (Å²) in [5, 5.41) is 16.4. The Morgan fingerprint density at radius 3 is 2.52 bits per heavy atom. The van der Waals surface area contributed by atoms with Crippen molar-refractivity contribution in [1.29, 1.82) is 0 Å². The summed E-state index contributed by atoms with van der Waals surface area (Å²) in [5.74, 6) is -0.422. The van der Waals surface area contributed by atoms with Crippen LogP contribution in [-0.2, 0) is 4.79 Å². The van der Waals surface area contributed by atoms with E-state index < -0.39 is 10.8 Å². The standard InChI is InChI=1S/C18H17N3O3S/c1-12-10-13(2)17(15(11-12)21(23)24)20-18(25)19-16(22)9-8-14-6-4-3-5-7-14/h3-11H,1-2H3,(H2,19,20,22,25). The number of nitrogens with zero attached hydrogens (tertiary/aromatic N) is 1. The number of hydrogen-bond donors (Lipinski definition) is 2. The lowest BCUT2D eigenvalue weighted by atomic mass is 10.1. The second kappa shape index (κ2) is 8.16. The van der Waals surface area contributed by atoms with E-state index in [2.05, 4.69) is 10.6 Å². The summed E-state index contributed by atoms with van der Waals surface area (Å²) in [6.07, 6.45) is 3.00. The quantitative estimate of drug-likeness (QED) is 0.378. The van der Waals surface area contributed by atoms with Crippen LogP contribution in [0.2, 0.25) is 0 Å². The van der Waals surface area contributed by atoms with Gasteiger partial charge in [-0.25, -0.2) is 0 Å². The van der Waals surface area contributed by atoms with Crippen molar-refractivity contribution in [3.8, 4) is 0 Å². The number of hydrogen-bond acceptors (Lipinski definition) is 4. The SMILES string of the molecule is Cc1cc(C)c(NC(=S)NC(=O)C=Cc2ccccc2)c([N+](=O)[O-])c1. The van der Waals surface area contributed by atoms with Crippen LogP contribution in [-0.4, -0.2) is 15.9 Å². The first-order valence-electron chi connectivity index (χ1n) is 7.47. The monoisotopic (exact) mass is 355 g/mol. The van der Waals surface area contributed by atoms with Crippen LogP contribution in [0.25, 0.3) is 6.08 Å². The lowest BCUT2D eigenvalue weighted by Gasteiger charge is -2.12. The molecule has 0 aromatic heterocycles. The molecule has 0 spiro atoms. The Bertz CT molecular complexity index is 848. The van der Waals surface area contributed by atoms with Gasteiger partial charge in [0.25, 0.3) is 5.69 Å². The van der Waals surface area contributed by atoms with E-state index >= 15 is 0 Å². The fourth-order valence-corrected chi connectivity index (χ4v) is 2.49. The molecule has 0 aliphatic heterocycles. The molecule has 0 heterocycles. The molecule has 0 saturated heterocycles. The van der Waals surface area contributed by atoms with Gasteiger partial charge in [0.15, 0.2) is 5.11 Å². The van der Waals surface area contributed by atoms with Gasteiger partial charge in [-0.2, -0.15) is 0 Å². The van der Waals surface area contributed by atoms with E-state index in [0.717, 1.165) is 11.1 Å². The fourth-order valence-electron chi connectivity index (χ4n) is 2.29. The molecule has 2 aromatic carbocycles. The Morgan fingerprint density at radius 2 is 1.88 bits per heavy atom. The van der Waals surface area contributed by atoms with Crippen molar-refractivity contribution < 1.29 is 9.72 Å². The van der Waals surface area contributed by atoms with Gasteiger partial charge in [-0.15, -0.1) is 0 Å². The number of amides is 1. The Labute approximate surface area is 150 Å². The van der Waals surface area contributed by atoms with Gasteiger partial charge in [0, 0.05) is 12.1 Å². The van der Waals surface area contributed by atoms with Gasteiger partial charge in [-0.1, -0.05) is 36.4 Å². The van der Waals surface area contributed by atoms with Crippen LogP contribution in [0.15, 0.2) is 48.5 Å². The number of anilines is 1. The maximum Gasteiger partial charge on any atom is 0.293 e. The Morgan fingerprint density at radius 1 is 1.20 bits per heavy atom. The van der Waals surface area contributed by atoms with E-state index in [9.17, 15) is 14.9 Å². The van der Waals surface area contributed by atoms with E-state index in [1.54, 1.807) is 26.0 Å². The summed E-state index contributed by atoms with van der Waals surface area (Å²) in [7, 11) is 0. The number of nitro benzene ring substituents is 1. The van der Waals surface area contributed by atoms with Crippen LogP contribution < -0.4 is 10.6 Å². The number of thiocarbonyl (C=S) groups is 1. The van der Waals surface area contributed by atoms with Gasteiger partial charge in [-0.05, 0) is 48.8 Å². The molecule has 25 heavy (non-hydrogen) atoms. The minimum Gasteiger partial charge on any atom is -0.327 e. The molecule has 1 amide bonds. The summed E-state index contributed by atoms with van der Waals surface area (Å²) in [6, 6.07) is 12.6. The summed E-state index contributed by atoms with van der Waals surface area (Å²) >= 11 is 5.08. The predicted octanol–water partition coefficient (Wildman–Crippen LogP) is 3.74. The van der Waals surface area contributed by atoms with E-state index in [4.69, 9.17) is 12.2 Å². The van der Waals surface area contributed by atoms with Crippen LogP contribution in [0, 0.1) is 24.0 Å². The average Bonchev–Trinajstić information content (AvgIpc) is 2.56. The zero-order valence-electron chi connectivity index (χ0n) is 13.8. The lowest BCUT2D eigenvalue weighted by molar-refractivity contribution is -0.384. The highest BCUT2D eigenvalue weighted by molar-refractivity contribution is 7.80. The third-order valence-electron chi connectivity index (χ3n) is 3.36. The Balaban J connectivity index is 2.07. The zero-order chi connectivity index (χ0) is 18.4. The molecule has 0 unspecified atom stereocenters. The van der Waals surface area contributed by atoms with Crippen molar-refractivity contribution in [1.82, 2.24) is 5.32 Å². The smallest absolute Gasteiger partial charge is 0.293 e. The predicted molar refractivity (Wildman–Crippen MR) is 102 cm³/mol. The molecule has 0 fully saturated rings. The maximum atomic E-state index is 11.9. The molecule has 7 heteroatoms. The number of nitrogens with one attached hydrogen (secondary N) is 2. The number of aryl methyl sites for hydroxylation is 2. The molecule has 0 bridgehead atoms. The molecule has 2 N–H and O–H groups in total. The van der Waals surface area contributed by atoms with E-state index in [1.807, 2.05) is 30.3 Å². The van der Waals surface area contributed by atoms with Gasteiger partial charge >= 0.3 is 0 Å². The summed E-state index contributed by atoms with van der Waals surface area (Å²) in [6.45, 7) is 3.51. The third kappa shape index (κ3) is 5.22. The zero-order valence-corrected chi connectivity index (χ0v) is 14.6. The molecule has 128 valence electrons. The largest absolute Gasteiger partial charge is 0.327 e. The normalized spacial score (nSPS) is 10.5. The second-order valence-corrected chi connectivity index (χ2v) is 5.83. The number of benzene rings is 2. The van der Waals surface area contributed by atoms with Crippen LogP contribution >= 0.6 is 12.2 Å². The summed E-state index contributed by atoms with van der Waals surface area (Å²) < 4.78 is 0. The molecule has 2 aromatic rings. The van der Waals surface area contributed by atoms with Crippen LogP contribution in [0.4, 0.5) is 11.4 Å². The van der Waals surface area contributed by atoms with Gasteiger partial charge in [0.2, 0.25) is 5.91 Å². The average molecular weight is 355 g/mol. The van der Waals surface area contributed by atoms with Crippen LogP contribution in [0.1, 0.15) is 16.7 Å². The van der Waals surface area contributed by atoms with Crippen molar-refractivity contribution in [2.24, 2.45) is 0 Å². The molecule has 0 aliphatic rings. The van der Waals surface area contributed by atoms with Gasteiger partial charge < -0.3 is 5.32 Å². The second-order valence-electron chi connectivity index (χ2n) is 5.42. The van der Waals surface area contributed by atoms with Crippen LogP contribution in [0.5, 0.6) is 0 Å². The van der Waals surface area contributed by atoms with Gasteiger partial charge in [0.05, 0.1) is 4.92 Å². The molecular formula is C18H17N3O3S. The van der Waals surface area contributed by atoms with Crippen molar-refractivity contribution in [3.05, 3.63) is 75.3 Å².